The number of amides is 2. The number of carbonyl (C=O) groups excluding carboxylic acids is 2. The maximum Gasteiger partial charge on any atom is 0.261 e. The molecule has 0 radical (unpaired) electrons. The summed E-state index contributed by atoms with van der Waals surface area (Å²) in [5, 5.41) is 3.54. The van der Waals surface area contributed by atoms with Gasteiger partial charge < -0.3 is 24.4 Å². The van der Waals surface area contributed by atoms with Gasteiger partial charge in [0.2, 0.25) is 5.91 Å². The molecule has 0 fully saturated rings. The summed E-state index contributed by atoms with van der Waals surface area (Å²) in [4.78, 5) is 29.5. The monoisotopic (exact) mass is 759 g/mol. The third kappa shape index (κ3) is 11.0. The van der Waals surface area contributed by atoms with Gasteiger partial charge in [-0.05, 0) is 95.9 Å². The van der Waals surface area contributed by atoms with Crippen LogP contribution in [-0.2, 0) is 39.0 Å². The van der Waals surface area contributed by atoms with Crippen LogP contribution in [-0.4, -0.2) is 58.5 Å². The maximum absolute atomic E-state index is 14.0. The average molecular weight is 760 g/mol. The summed E-state index contributed by atoms with van der Waals surface area (Å²) in [5.74, 6) is 0.112. The van der Waals surface area contributed by atoms with Gasteiger partial charge in [-0.1, -0.05) is 60.1 Å². The molecule has 13 heteroatoms. The topological polar surface area (TPSA) is 123 Å². The normalized spacial score (nSPS) is 11.6. The fourth-order valence-electron chi connectivity index (χ4n) is 5.50. The molecule has 0 saturated heterocycles. The van der Waals surface area contributed by atoms with Gasteiger partial charge in [0.1, 0.15) is 17.6 Å². The quantitative estimate of drug-likeness (QED) is 0.109. The lowest BCUT2D eigenvalue weighted by Gasteiger charge is -2.31. The van der Waals surface area contributed by atoms with Crippen molar-refractivity contribution >= 4 is 39.1 Å². The van der Waals surface area contributed by atoms with Gasteiger partial charge in [0.05, 0.1) is 19.1 Å². The third-order valence-electron chi connectivity index (χ3n) is 8.29. The van der Waals surface area contributed by atoms with Gasteiger partial charge in [0.25, 0.3) is 15.9 Å². The molecule has 53 heavy (non-hydrogen) atoms. The summed E-state index contributed by atoms with van der Waals surface area (Å²) < 4.78 is 58.0. The number of benzene rings is 5. The standard InChI is InChI=1S/C40H39ClFN3O7S/c1-50-37-21-10-29(25-38(37)51-2)22-23-43-40(47)36(24-28-6-4-3-5-7-28)45(26-30-8-11-31(41)12-9-30)39(46)27-52-34-17-19-35(20-18-34)53(48,49)44-33-15-13-32(42)14-16-33/h3-21,25,36,44H,22-24,26-27H2,1-2H3,(H,43,47)/t36-/m1/s1. The van der Waals surface area contributed by atoms with Gasteiger partial charge >= 0.3 is 0 Å². The minimum Gasteiger partial charge on any atom is -0.493 e. The Hall–Kier alpha value is -5.59. The first-order valence-corrected chi connectivity index (χ1v) is 18.5. The number of sulfonamides is 1. The van der Waals surface area contributed by atoms with Crippen LogP contribution in [0.4, 0.5) is 10.1 Å². The maximum atomic E-state index is 14.0. The van der Waals surface area contributed by atoms with E-state index in [9.17, 15) is 22.4 Å². The number of ether oxygens (including phenoxy) is 3. The zero-order chi connectivity index (χ0) is 37.8. The number of hydrogen-bond acceptors (Lipinski definition) is 7. The lowest BCUT2D eigenvalue weighted by atomic mass is 10.0. The van der Waals surface area contributed by atoms with Crippen LogP contribution in [0.2, 0.25) is 5.02 Å². The summed E-state index contributed by atoms with van der Waals surface area (Å²) in [6.07, 6.45) is 0.736. The molecule has 2 N–H and O–H groups in total. The van der Waals surface area contributed by atoms with Crippen molar-refractivity contribution in [2.45, 2.75) is 30.3 Å². The van der Waals surface area contributed by atoms with E-state index in [-0.39, 0.29) is 35.2 Å². The number of anilines is 1. The van der Waals surface area contributed by atoms with Crippen LogP contribution in [0.1, 0.15) is 16.7 Å². The predicted octanol–water partition coefficient (Wildman–Crippen LogP) is 6.67. The van der Waals surface area contributed by atoms with E-state index >= 15 is 0 Å². The zero-order valence-electron chi connectivity index (χ0n) is 29.1. The van der Waals surface area contributed by atoms with Crippen molar-refractivity contribution in [3.8, 4) is 17.2 Å². The fraction of sp³-hybridized carbons (Fsp3) is 0.200. The molecular formula is C40H39ClFN3O7S. The smallest absolute Gasteiger partial charge is 0.261 e. The summed E-state index contributed by atoms with van der Waals surface area (Å²) in [5.41, 5.74) is 2.74. The number of methoxy groups -OCH3 is 2. The molecule has 0 saturated carbocycles. The van der Waals surface area contributed by atoms with Gasteiger partial charge in [-0.25, -0.2) is 12.8 Å². The number of nitrogens with zero attached hydrogens (tertiary/aromatic N) is 1. The van der Waals surface area contributed by atoms with Crippen LogP contribution < -0.4 is 24.2 Å². The molecular weight excluding hydrogens is 721 g/mol. The Morgan fingerprint density at radius 1 is 0.792 bits per heavy atom. The van der Waals surface area contributed by atoms with Crippen molar-refractivity contribution < 1.29 is 36.6 Å². The van der Waals surface area contributed by atoms with Crippen molar-refractivity contribution in [3.63, 3.8) is 0 Å². The van der Waals surface area contributed by atoms with E-state index in [1.807, 2.05) is 42.5 Å². The second-order valence-electron chi connectivity index (χ2n) is 12.0. The third-order valence-corrected chi connectivity index (χ3v) is 9.94. The highest BCUT2D eigenvalue weighted by Gasteiger charge is 2.31. The first-order chi connectivity index (χ1) is 25.5. The molecule has 0 unspecified atom stereocenters. The SMILES string of the molecule is COc1ccc(CCNC(=O)[C@@H](Cc2ccccc2)N(Cc2ccc(Cl)cc2)C(=O)COc2ccc(S(=O)(=O)Nc3ccc(F)cc3)cc2)cc1OC. The molecule has 0 aliphatic carbocycles. The molecule has 0 bridgehead atoms. The van der Waals surface area contributed by atoms with Crippen molar-refractivity contribution in [2.24, 2.45) is 0 Å². The van der Waals surface area contributed by atoms with E-state index in [0.717, 1.165) is 28.8 Å². The first kappa shape index (κ1) is 38.6. The van der Waals surface area contributed by atoms with Crippen molar-refractivity contribution in [2.75, 3.05) is 32.1 Å². The van der Waals surface area contributed by atoms with E-state index in [4.69, 9.17) is 25.8 Å². The van der Waals surface area contributed by atoms with E-state index in [1.165, 1.54) is 41.3 Å². The minimum atomic E-state index is -3.98. The Balaban J connectivity index is 1.33. The molecule has 5 aromatic carbocycles. The molecule has 10 nitrogen and oxygen atoms in total. The van der Waals surface area contributed by atoms with Gasteiger partial charge in [0, 0.05) is 30.2 Å². The van der Waals surface area contributed by atoms with Crippen molar-refractivity contribution in [1.82, 2.24) is 10.2 Å². The Kier molecular flexibility index (Phi) is 13.3. The van der Waals surface area contributed by atoms with Gasteiger partial charge in [-0.2, -0.15) is 0 Å². The van der Waals surface area contributed by atoms with Crippen molar-refractivity contribution in [3.05, 3.63) is 149 Å². The Morgan fingerprint density at radius 3 is 2.11 bits per heavy atom. The van der Waals surface area contributed by atoms with E-state index < -0.39 is 34.4 Å². The molecule has 276 valence electrons. The largest absolute Gasteiger partial charge is 0.493 e. The second-order valence-corrected chi connectivity index (χ2v) is 14.1. The van der Waals surface area contributed by atoms with Crippen LogP contribution in [0.3, 0.4) is 0 Å². The number of hydrogen-bond donors (Lipinski definition) is 2. The molecule has 0 aromatic heterocycles. The lowest BCUT2D eigenvalue weighted by Crippen LogP contribution is -2.52. The second kappa shape index (κ2) is 18.3. The van der Waals surface area contributed by atoms with Gasteiger partial charge in [-0.15, -0.1) is 0 Å². The highest BCUT2D eigenvalue weighted by atomic mass is 35.5. The molecule has 0 spiro atoms. The van der Waals surface area contributed by atoms with E-state index in [0.29, 0.717) is 29.5 Å². The molecule has 0 aliphatic heterocycles. The van der Waals surface area contributed by atoms with Gasteiger partial charge in [0.15, 0.2) is 18.1 Å². The van der Waals surface area contributed by atoms with Crippen LogP contribution in [0.25, 0.3) is 0 Å². The number of halogens is 2. The Morgan fingerprint density at radius 2 is 1.45 bits per heavy atom. The lowest BCUT2D eigenvalue weighted by molar-refractivity contribution is -0.142. The number of rotatable bonds is 17. The summed E-state index contributed by atoms with van der Waals surface area (Å²) >= 11 is 6.14. The van der Waals surface area contributed by atoms with Crippen LogP contribution >= 0.6 is 11.6 Å². The van der Waals surface area contributed by atoms with Gasteiger partial charge in [-0.3, -0.25) is 14.3 Å². The van der Waals surface area contributed by atoms with Crippen LogP contribution in [0.5, 0.6) is 17.2 Å². The molecule has 5 aromatic rings. The molecule has 2 amide bonds. The summed E-state index contributed by atoms with van der Waals surface area (Å²) in [6.45, 7) is -0.0473. The predicted molar refractivity (Wildman–Crippen MR) is 201 cm³/mol. The molecule has 0 heterocycles. The van der Waals surface area contributed by atoms with E-state index in [2.05, 4.69) is 10.0 Å². The number of carbonyl (C=O) groups is 2. The molecule has 5 rings (SSSR count). The Labute approximate surface area is 313 Å². The number of nitrogens with one attached hydrogen (secondary N) is 2. The highest BCUT2D eigenvalue weighted by molar-refractivity contribution is 7.92. The highest BCUT2D eigenvalue weighted by Crippen LogP contribution is 2.28. The van der Waals surface area contributed by atoms with Crippen LogP contribution in [0, 0.1) is 5.82 Å². The molecule has 0 aliphatic rings. The zero-order valence-corrected chi connectivity index (χ0v) is 30.7. The van der Waals surface area contributed by atoms with E-state index in [1.54, 1.807) is 44.6 Å². The Bertz CT molecular complexity index is 2080. The molecule has 1 atom stereocenters. The summed E-state index contributed by atoms with van der Waals surface area (Å²) in [6, 6.07) is 31.5. The fourth-order valence-corrected chi connectivity index (χ4v) is 6.68. The van der Waals surface area contributed by atoms with Crippen molar-refractivity contribution in [1.29, 1.82) is 0 Å². The minimum absolute atomic E-state index is 0.0578. The average Bonchev–Trinajstić information content (AvgIpc) is 3.17. The van der Waals surface area contributed by atoms with Crippen LogP contribution in [0.15, 0.2) is 126 Å². The summed E-state index contributed by atoms with van der Waals surface area (Å²) in [7, 11) is -0.857. The first-order valence-electron chi connectivity index (χ1n) is 16.6.